The first-order valence-electron chi connectivity index (χ1n) is 7.23. The summed E-state index contributed by atoms with van der Waals surface area (Å²) in [6, 6.07) is 9.03. The van der Waals surface area contributed by atoms with Gasteiger partial charge in [0.2, 0.25) is 5.95 Å². The minimum Gasteiger partial charge on any atom is -0.406 e. The molecule has 3 rings (SSSR count). The van der Waals surface area contributed by atoms with Crippen LogP contribution in [0.5, 0.6) is 5.75 Å². The summed E-state index contributed by atoms with van der Waals surface area (Å²) < 4.78 is 40.5. The highest BCUT2D eigenvalue weighted by Gasteiger charge is 2.31. The van der Waals surface area contributed by atoms with Gasteiger partial charge >= 0.3 is 6.36 Å². The zero-order valence-electron chi connectivity index (χ0n) is 13.4. The number of aromatic nitrogens is 3. The first kappa shape index (κ1) is 16.7. The number of fused-ring (bicyclic) bond motifs is 1. The Hall–Kier alpha value is -3.10. The third-order valence-electron chi connectivity index (χ3n) is 3.52. The quantitative estimate of drug-likeness (QED) is 0.779. The fourth-order valence-electron chi connectivity index (χ4n) is 2.36. The maximum atomic E-state index is 12.2. The highest BCUT2D eigenvalue weighted by molar-refractivity contribution is 5.80. The van der Waals surface area contributed by atoms with E-state index in [2.05, 4.69) is 19.7 Å². The number of halogens is 3. The Balaban J connectivity index is 1.90. The number of benzene rings is 1. The molecule has 2 N–H and O–H groups in total. The zero-order chi connectivity index (χ0) is 18.2. The third kappa shape index (κ3) is 3.70. The second kappa shape index (κ2) is 6.08. The number of nitrogens with zero attached hydrogens (tertiary/aromatic N) is 4. The van der Waals surface area contributed by atoms with Crippen molar-refractivity contribution >= 4 is 28.5 Å². The van der Waals surface area contributed by atoms with Gasteiger partial charge in [0.15, 0.2) is 0 Å². The van der Waals surface area contributed by atoms with Gasteiger partial charge in [-0.2, -0.15) is 0 Å². The van der Waals surface area contributed by atoms with E-state index in [1.807, 2.05) is 0 Å². The van der Waals surface area contributed by atoms with Crippen molar-refractivity contribution in [3.05, 3.63) is 42.1 Å². The summed E-state index contributed by atoms with van der Waals surface area (Å²) in [6.45, 7) is 1.78. The Bertz CT molecular complexity index is 912. The fraction of sp³-hybridized carbons (Fsp3) is 0.188. The summed E-state index contributed by atoms with van der Waals surface area (Å²) in [5.41, 5.74) is 8.14. The third-order valence-corrected chi connectivity index (χ3v) is 3.52. The SMILES string of the molecule is Cc1nc(N)nc2ccc(N(C)c3ccc(OC(F)(F)F)cc3)nc12. The van der Waals surface area contributed by atoms with Gasteiger partial charge in [-0.1, -0.05) is 0 Å². The highest BCUT2D eigenvalue weighted by atomic mass is 19.4. The van der Waals surface area contributed by atoms with Crippen LogP contribution in [0.3, 0.4) is 0 Å². The lowest BCUT2D eigenvalue weighted by molar-refractivity contribution is -0.274. The minimum atomic E-state index is -4.72. The summed E-state index contributed by atoms with van der Waals surface area (Å²) in [6.07, 6.45) is -4.72. The molecule has 1 aromatic carbocycles. The van der Waals surface area contributed by atoms with Crippen LogP contribution in [0.2, 0.25) is 0 Å². The van der Waals surface area contributed by atoms with E-state index in [4.69, 9.17) is 5.73 Å². The number of alkyl halides is 3. The second-order valence-corrected chi connectivity index (χ2v) is 5.31. The predicted molar refractivity (Wildman–Crippen MR) is 87.7 cm³/mol. The molecule has 0 fully saturated rings. The van der Waals surface area contributed by atoms with E-state index in [0.717, 1.165) is 0 Å². The van der Waals surface area contributed by atoms with Crippen molar-refractivity contribution in [1.82, 2.24) is 15.0 Å². The number of rotatable bonds is 3. The summed E-state index contributed by atoms with van der Waals surface area (Å²) in [4.78, 5) is 14.4. The molecule has 2 heterocycles. The molecule has 3 aromatic rings. The Morgan fingerprint density at radius 2 is 1.68 bits per heavy atom. The largest absolute Gasteiger partial charge is 0.573 e. The van der Waals surface area contributed by atoms with Crippen LogP contribution in [0.15, 0.2) is 36.4 Å². The van der Waals surface area contributed by atoms with Crippen molar-refractivity contribution in [3.8, 4) is 5.75 Å². The van der Waals surface area contributed by atoms with Crippen LogP contribution >= 0.6 is 0 Å². The van der Waals surface area contributed by atoms with E-state index in [1.54, 1.807) is 31.0 Å². The number of aryl methyl sites for hydroxylation is 1. The van der Waals surface area contributed by atoms with E-state index < -0.39 is 6.36 Å². The second-order valence-electron chi connectivity index (χ2n) is 5.31. The van der Waals surface area contributed by atoms with Crippen molar-refractivity contribution in [1.29, 1.82) is 0 Å². The molecule has 0 saturated heterocycles. The Morgan fingerprint density at radius 1 is 1.00 bits per heavy atom. The van der Waals surface area contributed by atoms with E-state index in [0.29, 0.717) is 28.2 Å². The molecule has 0 saturated carbocycles. The molecule has 130 valence electrons. The average molecular weight is 349 g/mol. The zero-order valence-corrected chi connectivity index (χ0v) is 13.4. The van der Waals surface area contributed by atoms with Gasteiger partial charge in [-0.3, -0.25) is 0 Å². The number of hydrogen-bond donors (Lipinski definition) is 1. The van der Waals surface area contributed by atoms with Crippen LogP contribution in [0, 0.1) is 6.92 Å². The van der Waals surface area contributed by atoms with Crippen molar-refractivity contribution in [2.75, 3.05) is 17.7 Å². The van der Waals surface area contributed by atoms with Gasteiger partial charge in [0.05, 0.1) is 11.2 Å². The lowest BCUT2D eigenvalue weighted by Gasteiger charge is -2.19. The van der Waals surface area contributed by atoms with E-state index in [1.165, 1.54) is 24.3 Å². The maximum absolute atomic E-state index is 12.2. The molecule has 2 aromatic heterocycles. The van der Waals surface area contributed by atoms with E-state index >= 15 is 0 Å². The first-order valence-corrected chi connectivity index (χ1v) is 7.23. The summed E-state index contributed by atoms with van der Waals surface area (Å²) in [5, 5.41) is 0. The first-order chi connectivity index (χ1) is 11.7. The number of ether oxygens (including phenoxy) is 1. The van der Waals surface area contributed by atoms with Gasteiger partial charge in [0, 0.05) is 12.7 Å². The van der Waals surface area contributed by atoms with Crippen molar-refractivity contribution in [2.24, 2.45) is 0 Å². The molecule has 0 aliphatic rings. The molecule has 0 radical (unpaired) electrons. The van der Waals surface area contributed by atoms with Gasteiger partial charge in [0.1, 0.15) is 17.1 Å². The monoisotopic (exact) mass is 349 g/mol. The van der Waals surface area contributed by atoms with Gasteiger partial charge < -0.3 is 15.4 Å². The van der Waals surface area contributed by atoms with Crippen molar-refractivity contribution in [3.63, 3.8) is 0 Å². The molecule has 0 bridgehead atoms. The summed E-state index contributed by atoms with van der Waals surface area (Å²) in [5.74, 6) is 0.484. The van der Waals surface area contributed by atoms with Gasteiger partial charge in [-0.15, -0.1) is 13.2 Å². The summed E-state index contributed by atoms with van der Waals surface area (Å²) in [7, 11) is 1.75. The van der Waals surface area contributed by atoms with E-state index in [-0.39, 0.29) is 11.7 Å². The molecular formula is C16H14F3N5O. The number of nitrogen functional groups attached to an aromatic ring is 1. The van der Waals surface area contributed by atoms with Crippen LogP contribution in [0.1, 0.15) is 5.69 Å². The number of hydrogen-bond acceptors (Lipinski definition) is 6. The van der Waals surface area contributed by atoms with Crippen molar-refractivity contribution < 1.29 is 17.9 Å². The van der Waals surface area contributed by atoms with E-state index in [9.17, 15) is 13.2 Å². The normalized spacial score (nSPS) is 11.6. The Labute approximate surface area is 141 Å². The van der Waals surface area contributed by atoms with Crippen LogP contribution < -0.4 is 15.4 Å². The molecule has 0 atom stereocenters. The lowest BCUT2D eigenvalue weighted by Crippen LogP contribution is -2.17. The van der Waals surface area contributed by atoms with Gasteiger partial charge in [-0.25, -0.2) is 15.0 Å². The average Bonchev–Trinajstić information content (AvgIpc) is 2.53. The fourth-order valence-corrected chi connectivity index (χ4v) is 2.36. The Kier molecular flexibility index (Phi) is 4.07. The van der Waals surface area contributed by atoms with Gasteiger partial charge in [-0.05, 0) is 43.3 Å². The van der Waals surface area contributed by atoms with Crippen LogP contribution in [0.25, 0.3) is 11.0 Å². The van der Waals surface area contributed by atoms with Crippen LogP contribution in [0.4, 0.5) is 30.6 Å². The highest BCUT2D eigenvalue weighted by Crippen LogP contribution is 2.28. The van der Waals surface area contributed by atoms with Crippen LogP contribution in [-0.2, 0) is 0 Å². The molecule has 0 aliphatic carbocycles. The number of pyridine rings is 1. The molecule has 9 heteroatoms. The topological polar surface area (TPSA) is 77.2 Å². The van der Waals surface area contributed by atoms with Crippen molar-refractivity contribution in [2.45, 2.75) is 13.3 Å². The summed E-state index contributed by atoms with van der Waals surface area (Å²) >= 11 is 0. The molecule has 0 unspecified atom stereocenters. The predicted octanol–water partition coefficient (Wildman–Crippen LogP) is 3.58. The molecular weight excluding hydrogens is 335 g/mol. The number of anilines is 3. The molecule has 0 spiro atoms. The smallest absolute Gasteiger partial charge is 0.406 e. The molecule has 0 amide bonds. The standard InChI is InChI=1S/C16H14F3N5O/c1-9-14-12(22-15(20)21-9)7-8-13(23-14)24(2)10-3-5-11(6-4-10)25-16(17,18)19/h3-8H,1-2H3,(H2,20,21,22). The minimum absolute atomic E-state index is 0.174. The molecule has 25 heavy (non-hydrogen) atoms. The molecule has 0 aliphatic heterocycles. The maximum Gasteiger partial charge on any atom is 0.573 e. The van der Waals surface area contributed by atoms with Gasteiger partial charge in [0.25, 0.3) is 0 Å². The Morgan fingerprint density at radius 3 is 2.32 bits per heavy atom. The number of nitrogens with two attached hydrogens (primary N) is 1. The van der Waals surface area contributed by atoms with Crippen LogP contribution in [-0.4, -0.2) is 28.4 Å². The molecule has 6 nitrogen and oxygen atoms in total. The lowest BCUT2D eigenvalue weighted by atomic mass is 10.2.